The highest BCUT2D eigenvalue weighted by atomic mass is 35.5. The average molecular weight is 188 g/mol. The number of nitrogens with two attached hydrogens (primary N) is 2. The van der Waals surface area contributed by atoms with Crippen LogP contribution in [0.3, 0.4) is 0 Å². The van der Waals surface area contributed by atoms with E-state index >= 15 is 0 Å². The Labute approximate surface area is 77.7 Å². The summed E-state index contributed by atoms with van der Waals surface area (Å²) in [5.74, 6) is 0. The van der Waals surface area contributed by atoms with Crippen LogP contribution in [-0.2, 0) is 0 Å². The summed E-state index contributed by atoms with van der Waals surface area (Å²) in [6.45, 7) is 4.00. The summed E-state index contributed by atoms with van der Waals surface area (Å²) in [6, 6.07) is 1.69. The number of nitrogens with zero attached hydrogens (tertiary/aromatic N) is 1. The van der Waals surface area contributed by atoms with Crippen molar-refractivity contribution in [1.29, 1.82) is 0 Å². The lowest BCUT2D eigenvalue weighted by Gasteiger charge is -2.03. The van der Waals surface area contributed by atoms with E-state index in [0.29, 0.717) is 5.02 Å². The lowest BCUT2D eigenvalue weighted by atomic mass is 10.2. The summed E-state index contributed by atoms with van der Waals surface area (Å²) in [5.41, 5.74) is 11.5. The largest absolute Gasteiger partial charge is 0.312 e. The van der Waals surface area contributed by atoms with E-state index in [4.69, 9.17) is 23.1 Å². The van der Waals surface area contributed by atoms with E-state index in [1.807, 2.05) is 13.8 Å². The molecule has 1 heterocycles. The number of halogens is 1. The van der Waals surface area contributed by atoms with E-state index < -0.39 is 6.17 Å². The molecule has 1 aromatic rings. The predicted molar refractivity (Wildman–Crippen MR) is 51.7 cm³/mol. The van der Waals surface area contributed by atoms with Crippen LogP contribution in [0.25, 0.3) is 0 Å². The SMILES string of the molecule is CC.NC(N)c1cncc(Cl)c1. The molecule has 0 unspecified atom stereocenters. The smallest absolute Gasteiger partial charge is 0.0800 e. The molecule has 0 aliphatic carbocycles. The Morgan fingerprint density at radius 3 is 2.25 bits per heavy atom. The van der Waals surface area contributed by atoms with E-state index in [2.05, 4.69) is 4.98 Å². The van der Waals surface area contributed by atoms with Crippen molar-refractivity contribution < 1.29 is 0 Å². The molecule has 68 valence electrons. The van der Waals surface area contributed by atoms with Gasteiger partial charge in [-0.25, -0.2) is 0 Å². The Morgan fingerprint density at radius 2 is 1.92 bits per heavy atom. The Kier molecular flexibility index (Phi) is 5.62. The third kappa shape index (κ3) is 3.67. The zero-order chi connectivity index (χ0) is 9.56. The summed E-state index contributed by atoms with van der Waals surface area (Å²) >= 11 is 5.62. The zero-order valence-corrected chi connectivity index (χ0v) is 8.05. The van der Waals surface area contributed by atoms with Gasteiger partial charge >= 0.3 is 0 Å². The van der Waals surface area contributed by atoms with Crippen LogP contribution in [0.5, 0.6) is 0 Å². The van der Waals surface area contributed by atoms with Gasteiger partial charge in [0.25, 0.3) is 0 Å². The first kappa shape index (κ1) is 11.4. The molecule has 0 radical (unpaired) electrons. The van der Waals surface area contributed by atoms with Crippen LogP contribution in [0.15, 0.2) is 18.5 Å². The number of hydrogen-bond acceptors (Lipinski definition) is 3. The zero-order valence-electron chi connectivity index (χ0n) is 7.29. The molecule has 4 N–H and O–H groups in total. The van der Waals surface area contributed by atoms with E-state index in [1.165, 1.54) is 6.20 Å². The summed E-state index contributed by atoms with van der Waals surface area (Å²) in [5, 5.41) is 0.554. The van der Waals surface area contributed by atoms with Gasteiger partial charge in [0.1, 0.15) is 0 Å². The van der Waals surface area contributed by atoms with Crippen LogP contribution in [-0.4, -0.2) is 4.98 Å². The van der Waals surface area contributed by atoms with Gasteiger partial charge in [-0.05, 0) is 6.07 Å². The van der Waals surface area contributed by atoms with Crippen molar-refractivity contribution in [2.75, 3.05) is 0 Å². The van der Waals surface area contributed by atoms with Gasteiger partial charge in [-0.1, -0.05) is 25.4 Å². The Balaban J connectivity index is 0.000000561. The monoisotopic (exact) mass is 187 g/mol. The molecule has 12 heavy (non-hydrogen) atoms. The third-order valence-corrected chi connectivity index (χ3v) is 1.32. The highest BCUT2D eigenvalue weighted by molar-refractivity contribution is 6.30. The lowest BCUT2D eigenvalue weighted by Crippen LogP contribution is -2.19. The normalized spacial score (nSPS) is 9.17. The van der Waals surface area contributed by atoms with E-state index in [1.54, 1.807) is 12.3 Å². The van der Waals surface area contributed by atoms with Gasteiger partial charge < -0.3 is 11.5 Å². The molecule has 1 rings (SSSR count). The van der Waals surface area contributed by atoms with Crippen molar-refractivity contribution in [2.24, 2.45) is 11.5 Å². The predicted octanol–water partition coefficient (Wildman–Crippen LogP) is 1.68. The Morgan fingerprint density at radius 1 is 1.33 bits per heavy atom. The highest BCUT2D eigenvalue weighted by Gasteiger charge is 1.98. The first-order chi connectivity index (χ1) is 5.70. The number of hydrogen-bond donors (Lipinski definition) is 2. The summed E-state index contributed by atoms with van der Waals surface area (Å²) in [4.78, 5) is 3.81. The maximum atomic E-state index is 5.62. The Hall–Kier alpha value is -0.640. The molecule has 0 amide bonds. The second-order valence-corrected chi connectivity index (χ2v) is 2.40. The second-order valence-electron chi connectivity index (χ2n) is 1.96. The standard InChI is InChI=1S/C6H8ClN3.C2H6/c7-5-1-4(6(8)9)2-10-3-5;1-2/h1-3,6H,8-9H2;1-2H3. The number of pyridine rings is 1. The maximum Gasteiger partial charge on any atom is 0.0800 e. The summed E-state index contributed by atoms with van der Waals surface area (Å²) in [7, 11) is 0. The molecule has 0 atom stereocenters. The quantitative estimate of drug-likeness (QED) is 0.658. The molecule has 0 saturated heterocycles. The van der Waals surface area contributed by atoms with Gasteiger partial charge in [0.2, 0.25) is 0 Å². The summed E-state index contributed by atoms with van der Waals surface area (Å²) < 4.78 is 0. The number of aromatic nitrogens is 1. The molecule has 0 bridgehead atoms. The van der Waals surface area contributed by atoms with Crippen LogP contribution in [0.1, 0.15) is 25.6 Å². The Bertz CT molecular complexity index is 225. The van der Waals surface area contributed by atoms with Gasteiger partial charge in [0.15, 0.2) is 0 Å². The molecule has 0 aromatic carbocycles. The average Bonchev–Trinajstić information content (AvgIpc) is 2.08. The molecule has 1 aromatic heterocycles. The van der Waals surface area contributed by atoms with Crippen LogP contribution in [0.4, 0.5) is 0 Å². The van der Waals surface area contributed by atoms with Gasteiger partial charge in [0.05, 0.1) is 11.2 Å². The maximum absolute atomic E-state index is 5.62. The lowest BCUT2D eigenvalue weighted by molar-refractivity contribution is 0.768. The minimum Gasteiger partial charge on any atom is -0.312 e. The first-order valence-electron chi connectivity index (χ1n) is 3.82. The van der Waals surface area contributed by atoms with Crippen molar-refractivity contribution in [1.82, 2.24) is 4.98 Å². The van der Waals surface area contributed by atoms with Crippen LogP contribution in [0.2, 0.25) is 5.02 Å². The third-order valence-electron chi connectivity index (χ3n) is 1.11. The van der Waals surface area contributed by atoms with Crippen LogP contribution in [0, 0.1) is 0 Å². The molecule has 0 spiro atoms. The molecule has 0 saturated carbocycles. The van der Waals surface area contributed by atoms with Crippen LogP contribution >= 0.6 is 11.6 Å². The molecule has 3 nitrogen and oxygen atoms in total. The molecule has 4 heteroatoms. The fourth-order valence-corrected chi connectivity index (χ4v) is 0.793. The van der Waals surface area contributed by atoms with Gasteiger partial charge in [-0.2, -0.15) is 0 Å². The van der Waals surface area contributed by atoms with Gasteiger partial charge in [-0.3, -0.25) is 4.98 Å². The van der Waals surface area contributed by atoms with Crippen molar-refractivity contribution in [2.45, 2.75) is 20.0 Å². The topological polar surface area (TPSA) is 64.9 Å². The minimum atomic E-state index is -0.494. The number of rotatable bonds is 1. The van der Waals surface area contributed by atoms with E-state index in [0.717, 1.165) is 5.56 Å². The van der Waals surface area contributed by atoms with Crippen molar-refractivity contribution in [3.63, 3.8) is 0 Å². The van der Waals surface area contributed by atoms with Gasteiger partial charge in [-0.15, -0.1) is 0 Å². The van der Waals surface area contributed by atoms with Gasteiger partial charge in [0, 0.05) is 18.0 Å². The second kappa shape index (κ2) is 5.94. The van der Waals surface area contributed by atoms with E-state index in [9.17, 15) is 0 Å². The summed E-state index contributed by atoms with van der Waals surface area (Å²) in [6.07, 6.45) is 2.63. The van der Waals surface area contributed by atoms with Crippen LogP contribution < -0.4 is 11.5 Å². The highest BCUT2D eigenvalue weighted by Crippen LogP contribution is 2.10. The van der Waals surface area contributed by atoms with E-state index in [-0.39, 0.29) is 0 Å². The van der Waals surface area contributed by atoms with Crippen molar-refractivity contribution in [3.05, 3.63) is 29.0 Å². The molecular formula is C8H14ClN3. The molecular weight excluding hydrogens is 174 g/mol. The molecule has 0 aliphatic rings. The fourth-order valence-electron chi connectivity index (χ4n) is 0.611. The fraction of sp³-hybridized carbons (Fsp3) is 0.375. The van der Waals surface area contributed by atoms with Crippen molar-refractivity contribution in [3.8, 4) is 0 Å². The first-order valence-corrected chi connectivity index (χ1v) is 4.19. The van der Waals surface area contributed by atoms with Crippen molar-refractivity contribution >= 4 is 11.6 Å². The minimum absolute atomic E-state index is 0.494. The molecule has 0 aliphatic heterocycles. The molecule has 0 fully saturated rings.